The first-order valence-electron chi connectivity index (χ1n) is 6.25. The van der Waals surface area contributed by atoms with Gasteiger partial charge in [-0.05, 0) is 30.3 Å². The van der Waals surface area contributed by atoms with Gasteiger partial charge < -0.3 is 4.90 Å². The van der Waals surface area contributed by atoms with Crippen molar-refractivity contribution in [1.29, 1.82) is 0 Å². The third-order valence-electron chi connectivity index (χ3n) is 3.56. The molecule has 104 valence electrons. The van der Waals surface area contributed by atoms with Crippen LogP contribution in [0.3, 0.4) is 0 Å². The second-order valence-electron chi connectivity index (χ2n) is 5.02. The fraction of sp³-hybridized carbons (Fsp3) is 0.286. The van der Waals surface area contributed by atoms with Crippen molar-refractivity contribution in [3.05, 3.63) is 60.9 Å². The Morgan fingerprint density at radius 1 is 1.40 bits per heavy atom. The minimum atomic E-state index is -0.290. The Balaban J connectivity index is 2.05. The molecule has 2 aromatic rings. The molecular formula is C14H13BrN2O2S. The zero-order chi connectivity index (χ0) is 14.3. The Morgan fingerprint density at radius 2 is 2.10 bits per heavy atom. The topological polar surface area (TPSA) is 46.4 Å². The predicted molar refractivity (Wildman–Crippen MR) is 83.3 cm³/mol. The van der Waals surface area contributed by atoms with Gasteiger partial charge in [0, 0.05) is 34.4 Å². The van der Waals surface area contributed by atoms with E-state index in [1.807, 2.05) is 12.1 Å². The van der Waals surface area contributed by atoms with Gasteiger partial charge >= 0.3 is 5.00 Å². The number of rotatable bonds is 2. The van der Waals surface area contributed by atoms with Gasteiger partial charge in [-0.2, -0.15) is 0 Å². The first-order valence-corrected chi connectivity index (χ1v) is 7.86. The molecule has 1 aromatic heterocycles. The summed E-state index contributed by atoms with van der Waals surface area (Å²) < 4.78 is 1.04. The first-order chi connectivity index (χ1) is 9.54. The van der Waals surface area contributed by atoms with Crippen molar-refractivity contribution in [2.45, 2.75) is 12.5 Å². The molecule has 0 amide bonds. The molecule has 1 atom stereocenters. The maximum absolute atomic E-state index is 11.0. The van der Waals surface area contributed by atoms with Crippen LogP contribution in [-0.2, 0) is 6.54 Å². The van der Waals surface area contributed by atoms with Crippen LogP contribution in [0.5, 0.6) is 0 Å². The first kappa shape index (κ1) is 13.7. The van der Waals surface area contributed by atoms with Gasteiger partial charge in [-0.3, -0.25) is 10.1 Å². The maximum Gasteiger partial charge on any atom is 0.324 e. The number of hydrogen-bond acceptors (Lipinski definition) is 4. The molecule has 0 spiro atoms. The van der Waals surface area contributed by atoms with E-state index in [4.69, 9.17) is 0 Å². The molecule has 0 saturated heterocycles. The van der Waals surface area contributed by atoms with Gasteiger partial charge in [-0.15, -0.1) is 0 Å². The molecule has 20 heavy (non-hydrogen) atoms. The zero-order valence-corrected chi connectivity index (χ0v) is 13.3. The molecule has 0 radical (unpaired) electrons. The number of thiophene rings is 1. The molecular weight excluding hydrogens is 340 g/mol. The smallest absolute Gasteiger partial charge is 0.300 e. The summed E-state index contributed by atoms with van der Waals surface area (Å²) in [6, 6.07) is 9.96. The normalized spacial score (nSPS) is 18.8. The van der Waals surface area contributed by atoms with E-state index in [0.29, 0.717) is 0 Å². The van der Waals surface area contributed by atoms with Crippen LogP contribution < -0.4 is 0 Å². The van der Waals surface area contributed by atoms with Gasteiger partial charge in [-0.1, -0.05) is 39.4 Å². The highest BCUT2D eigenvalue weighted by atomic mass is 79.9. The van der Waals surface area contributed by atoms with E-state index < -0.39 is 0 Å². The number of hydrogen-bond donors (Lipinski definition) is 0. The lowest BCUT2D eigenvalue weighted by Gasteiger charge is -2.30. The summed E-state index contributed by atoms with van der Waals surface area (Å²) in [5.74, 6) is 0.210. The molecule has 0 bridgehead atoms. The van der Waals surface area contributed by atoms with E-state index in [1.165, 1.54) is 16.9 Å². The Hall–Kier alpha value is -1.24. The van der Waals surface area contributed by atoms with Crippen LogP contribution in [0.15, 0.2) is 34.8 Å². The fourth-order valence-corrected chi connectivity index (χ4v) is 4.02. The van der Waals surface area contributed by atoms with E-state index >= 15 is 0 Å². The molecule has 2 heterocycles. The number of nitro groups is 1. The average Bonchev–Trinajstić information content (AvgIpc) is 2.82. The summed E-state index contributed by atoms with van der Waals surface area (Å²) in [6.07, 6.45) is 0. The molecule has 0 saturated carbocycles. The van der Waals surface area contributed by atoms with Crippen molar-refractivity contribution in [2.75, 3.05) is 13.6 Å². The van der Waals surface area contributed by atoms with Crippen LogP contribution in [0.25, 0.3) is 0 Å². The summed E-state index contributed by atoms with van der Waals surface area (Å²) in [6.45, 7) is 1.68. The standard InChI is InChI=1S/C14H13BrN2O2S/c1-16-7-12(9-2-4-10(15)5-3-9)11-6-14(17(18)19)20-13(11)8-16/h2-6,12H,7-8H2,1H3. The maximum atomic E-state index is 11.0. The van der Waals surface area contributed by atoms with Crippen LogP contribution in [0.1, 0.15) is 21.9 Å². The van der Waals surface area contributed by atoms with Crippen molar-refractivity contribution < 1.29 is 4.92 Å². The molecule has 0 N–H and O–H groups in total. The number of benzene rings is 1. The third kappa shape index (κ3) is 2.51. The third-order valence-corrected chi connectivity index (χ3v) is 5.18. The number of halogens is 1. The van der Waals surface area contributed by atoms with Gasteiger partial charge in [-0.25, -0.2) is 0 Å². The SMILES string of the molecule is CN1Cc2sc([N+](=O)[O-])cc2C(c2ccc(Br)cc2)C1. The highest BCUT2D eigenvalue weighted by Crippen LogP contribution is 2.40. The van der Waals surface area contributed by atoms with Gasteiger partial charge in [0.15, 0.2) is 0 Å². The van der Waals surface area contributed by atoms with E-state index in [9.17, 15) is 10.1 Å². The van der Waals surface area contributed by atoms with Crippen LogP contribution >= 0.6 is 27.3 Å². The van der Waals surface area contributed by atoms with Crippen molar-refractivity contribution in [2.24, 2.45) is 0 Å². The van der Waals surface area contributed by atoms with E-state index in [1.54, 1.807) is 6.07 Å². The molecule has 3 rings (SSSR count). The lowest BCUT2D eigenvalue weighted by Crippen LogP contribution is -2.29. The lowest BCUT2D eigenvalue weighted by atomic mass is 9.89. The summed E-state index contributed by atoms with van der Waals surface area (Å²) in [5, 5.41) is 11.2. The van der Waals surface area contributed by atoms with Crippen molar-refractivity contribution in [3.63, 3.8) is 0 Å². The molecule has 4 nitrogen and oxygen atoms in total. The van der Waals surface area contributed by atoms with Crippen LogP contribution in [0.2, 0.25) is 0 Å². The lowest BCUT2D eigenvalue weighted by molar-refractivity contribution is -0.380. The van der Waals surface area contributed by atoms with E-state index in [-0.39, 0.29) is 15.8 Å². The van der Waals surface area contributed by atoms with Crippen molar-refractivity contribution in [1.82, 2.24) is 4.90 Å². The highest BCUT2D eigenvalue weighted by molar-refractivity contribution is 9.10. The Morgan fingerprint density at radius 3 is 2.75 bits per heavy atom. The van der Waals surface area contributed by atoms with Crippen molar-refractivity contribution in [3.8, 4) is 0 Å². The average molecular weight is 353 g/mol. The number of likely N-dealkylation sites (N-methyl/N-ethyl adjacent to an activating group) is 1. The van der Waals surface area contributed by atoms with Crippen molar-refractivity contribution >= 4 is 32.3 Å². The molecule has 1 aliphatic rings. The quantitative estimate of drug-likeness (QED) is 0.606. The molecule has 1 aromatic carbocycles. The minimum absolute atomic E-state index is 0.210. The largest absolute Gasteiger partial charge is 0.324 e. The van der Waals surface area contributed by atoms with Crippen LogP contribution in [0.4, 0.5) is 5.00 Å². The Labute approximate surface area is 129 Å². The number of fused-ring (bicyclic) bond motifs is 1. The summed E-state index contributed by atoms with van der Waals surface area (Å²) in [5.41, 5.74) is 2.32. The Kier molecular flexibility index (Phi) is 3.62. The molecule has 1 aliphatic heterocycles. The van der Waals surface area contributed by atoms with Gasteiger partial charge in [0.2, 0.25) is 0 Å². The second-order valence-corrected chi connectivity index (χ2v) is 7.05. The summed E-state index contributed by atoms with van der Waals surface area (Å²) in [4.78, 5) is 14.0. The van der Waals surface area contributed by atoms with Gasteiger partial charge in [0.05, 0.1) is 4.92 Å². The Bertz CT molecular complexity index is 654. The molecule has 1 unspecified atom stereocenters. The number of nitrogens with zero attached hydrogens (tertiary/aromatic N) is 2. The minimum Gasteiger partial charge on any atom is -0.300 e. The fourth-order valence-electron chi connectivity index (χ4n) is 2.64. The van der Waals surface area contributed by atoms with Gasteiger partial charge in [0.25, 0.3) is 0 Å². The summed E-state index contributed by atoms with van der Waals surface area (Å²) in [7, 11) is 2.06. The molecule has 0 aliphatic carbocycles. The highest BCUT2D eigenvalue weighted by Gasteiger charge is 2.29. The van der Waals surface area contributed by atoms with Crippen LogP contribution in [-0.4, -0.2) is 23.4 Å². The van der Waals surface area contributed by atoms with E-state index in [0.717, 1.165) is 28.0 Å². The van der Waals surface area contributed by atoms with Crippen LogP contribution in [0, 0.1) is 10.1 Å². The molecule has 0 fully saturated rings. The molecule has 6 heteroatoms. The summed E-state index contributed by atoms with van der Waals surface area (Å²) >= 11 is 4.74. The monoisotopic (exact) mass is 352 g/mol. The van der Waals surface area contributed by atoms with Gasteiger partial charge in [0.1, 0.15) is 0 Å². The van der Waals surface area contributed by atoms with E-state index in [2.05, 4.69) is 40.0 Å². The zero-order valence-electron chi connectivity index (χ0n) is 10.9. The second kappa shape index (κ2) is 5.27. The predicted octanol–water partition coefficient (Wildman–Crippen LogP) is 4.00.